The smallest absolute Gasteiger partial charge is 0.127 e. The van der Waals surface area contributed by atoms with Crippen LogP contribution in [0.1, 0.15) is 18.8 Å². The maximum absolute atomic E-state index is 5.93. The number of imidazole rings is 1. The molecular weight excluding hydrogens is 362 g/mol. The van der Waals surface area contributed by atoms with Crippen LogP contribution in [0.4, 0.5) is 0 Å². The van der Waals surface area contributed by atoms with Crippen LogP contribution in [0, 0.1) is 0 Å². The highest BCUT2D eigenvalue weighted by atomic mass is 35.5. The van der Waals surface area contributed by atoms with Crippen LogP contribution >= 0.6 is 12.4 Å². The van der Waals surface area contributed by atoms with Crippen molar-refractivity contribution in [3.8, 4) is 5.75 Å². The second-order valence-corrected chi connectivity index (χ2v) is 6.60. The molecule has 1 saturated heterocycles. The molecule has 2 aromatic carbocycles. The Morgan fingerprint density at radius 2 is 1.74 bits per heavy atom. The Hall–Kier alpha value is -2.08. The van der Waals surface area contributed by atoms with E-state index in [0.717, 1.165) is 49.9 Å². The number of aromatic nitrogens is 2. The molecule has 3 aromatic rings. The maximum Gasteiger partial charge on any atom is 0.127 e. The standard InChI is InChI=1S/C21H25N3O2.ClH/c1-17(23-11-14-25-15-12-23)21-22-19-9-5-6-10-20(19)24(21)13-16-26-18-7-3-2-4-8-18;/h2-10,17H,11-16H2,1H3;1H. The van der Waals surface area contributed by atoms with Gasteiger partial charge in [0.2, 0.25) is 0 Å². The number of ether oxygens (including phenoxy) is 2. The summed E-state index contributed by atoms with van der Waals surface area (Å²) in [6, 6.07) is 18.6. The van der Waals surface area contributed by atoms with E-state index in [1.807, 2.05) is 36.4 Å². The van der Waals surface area contributed by atoms with Crippen molar-refractivity contribution >= 4 is 23.4 Å². The van der Waals surface area contributed by atoms with Crippen molar-refractivity contribution in [3.63, 3.8) is 0 Å². The lowest BCUT2D eigenvalue weighted by atomic mass is 10.2. The Morgan fingerprint density at radius 3 is 2.52 bits per heavy atom. The predicted molar refractivity (Wildman–Crippen MR) is 110 cm³/mol. The topological polar surface area (TPSA) is 39.5 Å². The van der Waals surface area contributed by atoms with Gasteiger partial charge in [-0.05, 0) is 31.2 Å². The van der Waals surface area contributed by atoms with Gasteiger partial charge in [0.1, 0.15) is 18.2 Å². The number of hydrogen-bond donors (Lipinski definition) is 0. The summed E-state index contributed by atoms with van der Waals surface area (Å²) in [6.45, 7) is 7.12. The molecule has 1 atom stereocenters. The van der Waals surface area contributed by atoms with E-state index in [-0.39, 0.29) is 18.4 Å². The van der Waals surface area contributed by atoms with E-state index in [1.54, 1.807) is 0 Å². The molecule has 0 aliphatic carbocycles. The fourth-order valence-corrected chi connectivity index (χ4v) is 3.55. The molecule has 4 rings (SSSR count). The van der Waals surface area contributed by atoms with Crippen molar-refractivity contribution in [2.45, 2.75) is 19.5 Å². The summed E-state index contributed by atoms with van der Waals surface area (Å²) in [5.41, 5.74) is 2.21. The van der Waals surface area contributed by atoms with Crippen molar-refractivity contribution in [1.29, 1.82) is 0 Å². The molecule has 1 unspecified atom stereocenters. The van der Waals surface area contributed by atoms with Crippen molar-refractivity contribution in [2.24, 2.45) is 0 Å². The molecule has 0 bridgehead atoms. The highest BCUT2D eigenvalue weighted by Crippen LogP contribution is 2.25. The van der Waals surface area contributed by atoms with Crippen LogP contribution in [-0.4, -0.2) is 47.4 Å². The molecule has 0 N–H and O–H groups in total. The second kappa shape index (κ2) is 9.22. The largest absolute Gasteiger partial charge is 0.492 e. The minimum atomic E-state index is 0. The molecule has 27 heavy (non-hydrogen) atoms. The number of fused-ring (bicyclic) bond motifs is 1. The van der Waals surface area contributed by atoms with Gasteiger partial charge in [-0.15, -0.1) is 12.4 Å². The van der Waals surface area contributed by atoms with Gasteiger partial charge in [-0.25, -0.2) is 4.98 Å². The minimum Gasteiger partial charge on any atom is -0.492 e. The van der Waals surface area contributed by atoms with Crippen LogP contribution < -0.4 is 4.74 Å². The number of nitrogens with zero attached hydrogens (tertiary/aromatic N) is 3. The van der Waals surface area contributed by atoms with Gasteiger partial charge in [0.15, 0.2) is 0 Å². The third-order valence-corrected chi connectivity index (χ3v) is 4.98. The number of morpholine rings is 1. The van der Waals surface area contributed by atoms with Gasteiger partial charge in [-0.3, -0.25) is 4.90 Å². The lowest BCUT2D eigenvalue weighted by Gasteiger charge is -2.32. The zero-order valence-electron chi connectivity index (χ0n) is 15.6. The first kappa shape index (κ1) is 19.7. The minimum absolute atomic E-state index is 0. The Morgan fingerprint density at radius 1 is 1.04 bits per heavy atom. The highest BCUT2D eigenvalue weighted by molar-refractivity contribution is 5.85. The van der Waals surface area contributed by atoms with E-state index in [4.69, 9.17) is 14.5 Å². The van der Waals surface area contributed by atoms with Crippen LogP contribution in [0.5, 0.6) is 5.75 Å². The van der Waals surface area contributed by atoms with Crippen LogP contribution in [-0.2, 0) is 11.3 Å². The van der Waals surface area contributed by atoms with Crippen molar-refractivity contribution in [3.05, 3.63) is 60.4 Å². The van der Waals surface area contributed by atoms with Gasteiger partial charge < -0.3 is 14.0 Å². The van der Waals surface area contributed by atoms with Crippen LogP contribution in [0.25, 0.3) is 11.0 Å². The van der Waals surface area contributed by atoms with Crippen LogP contribution in [0.3, 0.4) is 0 Å². The molecule has 1 aliphatic rings. The molecule has 5 nitrogen and oxygen atoms in total. The van der Waals surface area contributed by atoms with Crippen molar-refractivity contribution in [1.82, 2.24) is 14.5 Å². The average Bonchev–Trinajstić information content (AvgIpc) is 3.08. The Kier molecular flexibility index (Phi) is 6.72. The third-order valence-electron chi connectivity index (χ3n) is 4.98. The molecule has 2 heterocycles. The zero-order valence-corrected chi connectivity index (χ0v) is 16.4. The van der Waals surface area contributed by atoms with Gasteiger partial charge in [0.25, 0.3) is 0 Å². The van der Waals surface area contributed by atoms with Crippen molar-refractivity contribution in [2.75, 3.05) is 32.9 Å². The van der Waals surface area contributed by atoms with Crippen molar-refractivity contribution < 1.29 is 9.47 Å². The van der Waals surface area contributed by atoms with E-state index >= 15 is 0 Å². The fourth-order valence-electron chi connectivity index (χ4n) is 3.55. The summed E-state index contributed by atoms with van der Waals surface area (Å²) in [5.74, 6) is 2.00. The third kappa shape index (κ3) is 4.43. The van der Waals surface area contributed by atoms with E-state index in [0.29, 0.717) is 6.61 Å². The zero-order chi connectivity index (χ0) is 17.8. The van der Waals surface area contributed by atoms with E-state index in [2.05, 4.69) is 34.6 Å². The van der Waals surface area contributed by atoms with Gasteiger partial charge >= 0.3 is 0 Å². The van der Waals surface area contributed by atoms with E-state index in [1.165, 1.54) is 5.52 Å². The second-order valence-electron chi connectivity index (χ2n) is 6.60. The molecule has 0 spiro atoms. The lowest BCUT2D eigenvalue weighted by molar-refractivity contribution is 0.0175. The summed E-state index contributed by atoms with van der Waals surface area (Å²) in [4.78, 5) is 7.38. The first-order valence-corrected chi connectivity index (χ1v) is 9.28. The maximum atomic E-state index is 5.93. The monoisotopic (exact) mass is 387 g/mol. The fraction of sp³-hybridized carbons (Fsp3) is 0.381. The Labute approximate surface area is 166 Å². The number of rotatable bonds is 6. The SMILES string of the molecule is CC(c1nc2ccccc2n1CCOc1ccccc1)N1CCOCC1.Cl. The molecule has 6 heteroatoms. The summed E-state index contributed by atoms with van der Waals surface area (Å²) < 4.78 is 13.7. The summed E-state index contributed by atoms with van der Waals surface area (Å²) in [7, 11) is 0. The van der Waals surface area contributed by atoms with E-state index < -0.39 is 0 Å². The number of benzene rings is 2. The average molecular weight is 388 g/mol. The van der Waals surface area contributed by atoms with Gasteiger partial charge in [0, 0.05) is 13.1 Å². The molecule has 0 amide bonds. The molecular formula is C21H26ClN3O2. The summed E-state index contributed by atoms with van der Waals surface area (Å²) in [6.07, 6.45) is 0. The highest BCUT2D eigenvalue weighted by Gasteiger charge is 2.23. The number of para-hydroxylation sites is 3. The molecule has 1 fully saturated rings. The van der Waals surface area contributed by atoms with Crippen LogP contribution in [0.2, 0.25) is 0 Å². The number of halogens is 1. The molecule has 0 radical (unpaired) electrons. The molecule has 1 aromatic heterocycles. The van der Waals surface area contributed by atoms with Gasteiger partial charge in [0.05, 0.1) is 36.8 Å². The molecule has 0 saturated carbocycles. The molecule has 1 aliphatic heterocycles. The quantitative estimate of drug-likeness (QED) is 0.642. The molecule has 144 valence electrons. The lowest BCUT2D eigenvalue weighted by Crippen LogP contribution is -2.39. The van der Waals surface area contributed by atoms with Gasteiger partial charge in [-0.2, -0.15) is 0 Å². The normalized spacial score (nSPS) is 16.0. The first-order valence-electron chi connectivity index (χ1n) is 9.28. The number of hydrogen-bond acceptors (Lipinski definition) is 4. The Bertz CT molecular complexity index is 847. The predicted octanol–water partition coefficient (Wildman–Crippen LogP) is 3.93. The summed E-state index contributed by atoms with van der Waals surface area (Å²) in [5, 5.41) is 0. The first-order chi connectivity index (χ1) is 12.8. The Balaban J connectivity index is 0.00000210. The van der Waals surface area contributed by atoms with Gasteiger partial charge in [-0.1, -0.05) is 30.3 Å². The summed E-state index contributed by atoms with van der Waals surface area (Å²) >= 11 is 0. The van der Waals surface area contributed by atoms with Crippen LogP contribution in [0.15, 0.2) is 54.6 Å². The van der Waals surface area contributed by atoms with E-state index in [9.17, 15) is 0 Å².